The summed E-state index contributed by atoms with van der Waals surface area (Å²) in [6.07, 6.45) is 0. The van der Waals surface area contributed by atoms with E-state index in [0.29, 0.717) is 5.92 Å². The van der Waals surface area contributed by atoms with Gasteiger partial charge in [0.15, 0.2) is 0 Å². The van der Waals surface area contributed by atoms with Crippen LogP contribution >= 0.6 is 0 Å². The van der Waals surface area contributed by atoms with Crippen molar-refractivity contribution in [3.63, 3.8) is 0 Å². The summed E-state index contributed by atoms with van der Waals surface area (Å²) in [5.41, 5.74) is 6.45. The highest BCUT2D eigenvalue weighted by atomic mass is 15.3. The number of H-pyrrole nitrogens is 1. The number of pyridine rings is 1. The zero-order chi connectivity index (χ0) is 14.7. The van der Waals surface area contributed by atoms with Crippen LogP contribution in [0.2, 0.25) is 0 Å². The van der Waals surface area contributed by atoms with E-state index in [9.17, 15) is 0 Å². The molecule has 3 aromatic heterocycles. The lowest BCUT2D eigenvalue weighted by molar-refractivity contribution is 0.785. The van der Waals surface area contributed by atoms with Crippen LogP contribution < -0.4 is 0 Å². The fourth-order valence-electron chi connectivity index (χ4n) is 3.21. The molecular weight excluding hydrogens is 260 g/mol. The van der Waals surface area contributed by atoms with Crippen molar-refractivity contribution in [3.05, 3.63) is 35.7 Å². The Balaban J connectivity index is 2.37. The molecule has 1 aromatic carbocycles. The lowest BCUT2D eigenvalue weighted by Gasteiger charge is -2.07. The Morgan fingerprint density at radius 1 is 1.10 bits per heavy atom. The van der Waals surface area contributed by atoms with Gasteiger partial charge in [-0.15, -0.1) is 0 Å². The van der Waals surface area contributed by atoms with E-state index < -0.39 is 0 Å². The third-order valence-electron chi connectivity index (χ3n) is 4.15. The lowest BCUT2D eigenvalue weighted by atomic mass is 10.0. The van der Waals surface area contributed by atoms with Crippen LogP contribution in [0.3, 0.4) is 0 Å². The van der Waals surface area contributed by atoms with Gasteiger partial charge in [-0.1, -0.05) is 32.0 Å². The van der Waals surface area contributed by atoms with Crippen LogP contribution in [0.25, 0.3) is 32.8 Å². The Hall–Kier alpha value is -2.36. The molecule has 1 N–H and O–H groups in total. The van der Waals surface area contributed by atoms with Gasteiger partial charge in [-0.25, -0.2) is 9.97 Å². The Morgan fingerprint density at radius 2 is 1.86 bits per heavy atom. The zero-order valence-electron chi connectivity index (χ0n) is 12.7. The van der Waals surface area contributed by atoms with Crippen LogP contribution in [-0.2, 0) is 7.05 Å². The van der Waals surface area contributed by atoms with Crippen molar-refractivity contribution in [3.8, 4) is 0 Å². The van der Waals surface area contributed by atoms with Gasteiger partial charge in [0.1, 0.15) is 5.52 Å². The Morgan fingerprint density at radius 3 is 2.62 bits per heavy atom. The van der Waals surface area contributed by atoms with Crippen LogP contribution in [0.5, 0.6) is 0 Å². The number of aromatic nitrogens is 4. The van der Waals surface area contributed by atoms with E-state index in [1.54, 1.807) is 0 Å². The molecule has 0 unspecified atom stereocenters. The van der Waals surface area contributed by atoms with Crippen LogP contribution in [-0.4, -0.2) is 19.7 Å². The quantitative estimate of drug-likeness (QED) is 0.571. The summed E-state index contributed by atoms with van der Waals surface area (Å²) < 4.78 is 2.05. The van der Waals surface area contributed by atoms with Gasteiger partial charge in [0.25, 0.3) is 0 Å². The minimum absolute atomic E-state index is 0.348. The minimum Gasteiger partial charge on any atom is -0.301 e. The van der Waals surface area contributed by atoms with E-state index in [4.69, 9.17) is 9.97 Å². The summed E-state index contributed by atoms with van der Waals surface area (Å²) >= 11 is 0. The van der Waals surface area contributed by atoms with Crippen molar-refractivity contribution >= 4 is 32.8 Å². The molecular formula is C17H18N4. The van der Waals surface area contributed by atoms with Gasteiger partial charge in [-0.2, -0.15) is 0 Å². The van der Waals surface area contributed by atoms with Gasteiger partial charge in [-0.3, -0.25) is 4.68 Å². The average molecular weight is 278 g/mol. The molecule has 0 amide bonds. The molecule has 3 heterocycles. The molecule has 4 rings (SSSR count). The summed E-state index contributed by atoms with van der Waals surface area (Å²) in [6.45, 7) is 6.42. The van der Waals surface area contributed by atoms with E-state index in [1.807, 2.05) is 13.1 Å². The van der Waals surface area contributed by atoms with Crippen LogP contribution in [0.15, 0.2) is 24.3 Å². The van der Waals surface area contributed by atoms with Crippen molar-refractivity contribution < 1.29 is 0 Å². The van der Waals surface area contributed by atoms with Crippen molar-refractivity contribution in [1.29, 1.82) is 0 Å². The smallest absolute Gasteiger partial charge is 0.110 e. The third-order valence-corrected chi connectivity index (χ3v) is 4.15. The number of para-hydroxylation sites is 1. The Bertz CT molecular complexity index is 988. The highest BCUT2D eigenvalue weighted by Gasteiger charge is 2.19. The second kappa shape index (κ2) is 4.07. The van der Waals surface area contributed by atoms with Crippen LogP contribution in [0.1, 0.15) is 31.2 Å². The van der Waals surface area contributed by atoms with Crippen molar-refractivity contribution in [1.82, 2.24) is 19.7 Å². The second-order valence-electron chi connectivity index (χ2n) is 6.00. The molecule has 4 aromatic rings. The predicted octanol–water partition coefficient (Wildman–Crippen LogP) is 4.03. The Kier molecular flexibility index (Phi) is 2.40. The summed E-state index contributed by atoms with van der Waals surface area (Å²) in [4.78, 5) is 9.75. The molecule has 4 nitrogen and oxygen atoms in total. The number of nitrogens with zero attached hydrogens (tertiary/aromatic N) is 3. The first-order chi connectivity index (χ1) is 10.1. The normalized spacial score (nSPS) is 12.2. The molecule has 0 aliphatic heterocycles. The SMILES string of the molecule is Cc1[nH]n(C)c2c1nc(C(C)C)c1nc3ccccc3c12. The second-order valence-corrected chi connectivity index (χ2v) is 6.00. The molecule has 0 fully saturated rings. The van der Waals surface area contributed by atoms with Gasteiger partial charge in [0, 0.05) is 17.8 Å². The third kappa shape index (κ3) is 1.56. The number of hydrogen-bond acceptors (Lipinski definition) is 2. The van der Waals surface area contributed by atoms with Crippen LogP contribution in [0.4, 0.5) is 0 Å². The van der Waals surface area contributed by atoms with Gasteiger partial charge in [0.05, 0.1) is 27.9 Å². The number of rotatable bonds is 1. The van der Waals surface area contributed by atoms with Crippen molar-refractivity contribution in [2.24, 2.45) is 7.05 Å². The standard InChI is InChI=1S/C17H18N4/c1-9(2)14-16-13(11-7-5-6-8-12(11)18-16)17-15(19-14)10(3)20-21(17)4/h5-9,20H,1-4H3. The predicted molar refractivity (Wildman–Crippen MR) is 86.7 cm³/mol. The van der Waals surface area contributed by atoms with Gasteiger partial charge in [-0.05, 0) is 18.9 Å². The first kappa shape index (κ1) is 12.4. The highest BCUT2D eigenvalue weighted by molar-refractivity contribution is 6.19. The van der Waals surface area contributed by atoms with E-state index in [2.05, 4.69) is 48.8 Å². The molecule has 0 saturated carbocycles. The van der Waals surface area contributed by atoms with Crippen molar-refractivity contribution in [2.45, 2.75) is 26.7 Å². The molecule has 0 bridgehead atoms. The zero-order valence-corrected chi connectivity index (χ0v) is 12.7. The maximum Gasteiger partial charge on any atom is 0.110 e. The molecule has 0 saturated heterocycles. The highest BCUT2D eigenvalue weighted by Crippen LogP contribution is 2.35. The number of aryl methyl sites for hydroxylation is 2. The van der Waals surface area contributed by atoms with E-state index in [1.165, 1.54) is 10.8 Å². The molecule has 0 aliphatic carbocycles. The molecule has 0 radical (unpaired) electrons. The maximum absolute atomic E-state index is 4.90. The molecule has 21 heavy (non-hydrogen) atoms. The number of aromatic amines is 1. The van der Waals surface area contributed by atoms with Crippen molar-refractivity contribution in [2.75, 3.05) is 0 Å². The topological polar surface area (TPSA) is 46.5 Å². The minimum atomic E-state index is 0.348. The molecule has 0 spiro atoms. The number of fused-ring (bicyclic) bond motifs is 5. The first-order valence-corrected chi connectivity index (χ1v) is 7.31. The largest absolute Gasteiger partial charge is 0.301 e. The van der Waals surface area contributed by atoms with Gasteiger partial charge < -0.3 is 5.10 Å². The first-order valence-electron chi connectivity index (χ1n) is 7.31. The number of benzene rings is 1. The Labute approximate surface area is 122 Å². The maximum atomic E-state index is 4.90. The molecule has 4 heteroatoms. The van der Waals surface area contributed by atoms with E-state index in [-0.39, 0.29) is 0 Å². The van der Waals surface area contributed by atoms with Gasteiger partial charge >= 0.3 is 0 Å². The monoisotopic (exact) mass is 278 g/mol. The summed E-state index contributed by atoms with van der Waals surface area (Å²) in [7, 11) is 2.03. The number of hydrogen-bond donors (Lipinski definition) is 1. The fourth-order valence-corrected chi connectivity index (χ4v) is 3.21. The van der Waals surface area contributed by atoms with Gasteiger partial charge in [0.2, 0.25) is 0 Å². The van der Waals surface area contributed by atoms with Crippen LogP contribution in [0, 0.1) is 6.92 Å². The summed E-state index contributed by atoms with van der Waals surface area (Å²) in [5.74, 6) is 0.348. The number of nitrogens with one attached hydrogen (secondary N) is 1. The van der Waals surface area contributed by atoms with E-state index >= 15 is 0 Å². The fraction of sp³-hybridized carbons (Fsp3) is 0.294. The molecule has 106 valence electrons. The summed E-state index contributed by atoms with van der Waals surface area (Å²) in [5, 5.41) is 5.77. The lowest BCUT2D eigenvalue weighted by Crippen LogP contribution is -1.97. The summed E-state index contributed by atoms with van der Waals surface area (Å²) in [6, 6.07) is 8.34. The van der Waals surface area contributed by atoms with E-state index in [0.717, 1.165) is 33.5 Å². The average Bonchev–Trinajstić information content (AvgIpc) is 2.96. The molecule has 0 aliphatic rings. The molecule has 0 atom stereocenters.